The summed E-state index contributed by atoms with van der Waals surface area (Å²) in [5.41, 5.74) is 2.58. The van der Waals surface area contributed by atoms with Gasteiger partial charge in [-0.15, -0.1) is 5.10 Å². The van der Waals surface area contributed by atoms with Crippen molar-refractivity contribution in [3.8, 4) is 5.69 Å². The van der Waals surface area contributed by atoms with Crippen LogP contribution in [-0.4, -0.2) is 37.8 Å². The third-order valence-electron chi connectivity index (χ3n) is 4.05. The van der Waals surface area contributed by atoms with Crippen LogP contribution < -0.4 is 10.6 Å². The number of allylic oxidation sites excluding steroid dienone is 1. The van der Waals surface area contributed by atoms with Gasteiger partial charge >= 0.3 is 0 Å². The smallest absolute Gasteiger partial charge is 0.229 e. The molecule has 0 atom stereocenters. The molecule has 0 radical (unpaired) electrons. The molecule has 9 heteroatoms. The van der Waals surface area contributed by atoms with E-state index in [2.05, 4.69) is 30.9 Å². The van der Waals surface area contributed by atoms with Gasteiger partial charge in [-0.25, -0.2) is 9.37 Å². The first-order valence-electron chi connectivity index (χ1n) is 8.74. The summed E-state index contributed by atoms with van der Waals surface area (Å²) in [6, 6.07) is 13.0. The number of benzene rings is 2. The molecule has 4 aromatic rings. The Labute approximate surface area is 165 Å². The highest BCUT2D eigenvalue weighted by Crippen LogP contribution is 2.19. The number of anilines is 2. The van der Waals surface area contributed by atoms with Crippen molar-refractivity contribution in [2.45, 2.75) is 0 Å². The lowest BCUT2D eigenvalue weighted by molar-refractivity contribution is 0.104. The second-order valence-electron chi connectivity index (χ2n) is 6.08. The fourth-order valence-corrected chi connectivity index (χ4v) is 2.70. The van der Waals surface area contributed by atoms with E-state index in [1.807, 2.05) is 0 Å². The molecular formula is C20H16FN7O. The number of hydrogen-bond donors (Lipinski definition) is 2. The van der Waals surface area contributed by atoms with Gasteiger partial charge in [-0.3, -0.25) is 4.79 Å². The van der Waals surface area contributed by atoms with Gasteiger partial charge < -0.3 is 10.6 Å². The van der Waals surface area contributed by atoms with Crippen LogP contribution in [-0.2, 0) is 0 Å². The van der Waals surface area contributed by atoms with Crippen molar-refractivity contribution in [2.24, 2.45) is 0 Å². The molecule has 0 aliphatic carbocycles. The van der Waals surface area contributed by atoms with Gasteiger partial charge in [0.2, 0.25) is 5.95 Å². The molecule has 0 aliphatic heterocycles. The number of ketones is 1. The van der Waals surface area contributed by atoms with Crippen LogP contribution in [0.1, 0.15) is 10.4 Å². The quantitative estimate of drug-likeness (QED) is 0.386. The molecule has 2 N–H and O–H groups in total. The van der Waals surface area contributed by atoms with Crippen molar-refractivity contribution in [2.75, 3.05) is 12.4 Å². The number of halogens is 1. The summed E-state index contributed by atoms with van der Waals surface area (Å²) in [6.07, 6.45) is 4.54. The van der Waals surface area contributed by atoms with Crippen molar-refractivity contribution >= 4 is 28.6 Å². The van der Waals surface area contributed by atoms with E-state index in [0.29, 0.717) is 34.1 Å². The summed E-state index contributed by atoms with van der Waals surface area (Å²) >= 11 is 0. The van der Waals surface area contributed by atoms with Crippen molar-refractivity contribution in [1.29, 1.82) is 0 Å². The molecule has 0 spiro atoms. The molecule has 2 heterocycles. The van der Waals surface area contributed by atoms with E-state index in [1.165, 1.54) is 29.1 Å². The summed E-state index contributed by atoms with van der Waals surface area (Å²) in [5.74, 6) is -0.215. The van der Waals surface area contributed by atoms with Crippen LogP contribution in [0.3, 0.4) is 0 Å². The second-order valence-corrected chi connectivity index (χ2v) is 6.08. The van der Waals surface area contributed by atoms with Gasteiger partial charge in [-0.1, -0.05) is 23.4 Å². The molecule has 144 valence electrons. The minimum Gasteiger partial charge on any atom is -0.394 e. The Morgan fingerprint density at radius 1 is 1.17 bits per heavy atom. The molecule has 0 aliphatic rings. The highest BCUT2D eigenvalue weighted by atomic mass is 19.1. The SMILES string of the molecule is CN/C=C/C(=O)c1cccc(Nc2ncc3nnn(-c4cccc(F)c4)c3n2)c1. The maximum atomic E-state index is 13.6. The first-order chi connectivity index (χ1) is 14.1. The van der Waals surface area contributed by atoms with Crippen LogP contribution >= 0.6 is 0 Å². The van der Waals surface area contributed by atoms with Gasteiger partial charge in [-0.05, 0) is 30.3 Å². The van der Waals surface area contributed by atoms with Gasteiger partial charge in [0.05, 0.1) is 11.9 Å². The van der Waals surface area contributed by atoms with Crippen LogP contribution in [0.2, 0.25) is 0 Å². The molecule has 0 unspecified atom stereocenters. The normalized spacial score (nSPS) is 11.1. The number of nitrogens with one attached hydrogen (secondary N) is 2. The number of nitrogens with zero attached hydrogens (tertiary/aromatic N) is 5. The fraction of sp³-hybridized carbons (Fsp3) is 0.0500. The van der Waals surface area contributed by atoms with Crippen molar-refractivity contribution in [1.82, 2.24) is 30.3 Å². The Hall–Kier alpha value is -4.14. The van der Waals surface area contributed by atoms with E-state index >= 15 is 0 Å². The van der Waals surface area contributed by atoms with Gasteiger partial charge in [0, 0.05) is 30.6 Å². The largest absolute Gasteiger partial charge is 0.394 e. The summed E-state index contributed by atoms with van der Waals surface area (Å²) in [7, 11) is 1.72. The number of carbonyl (C=O) groups excluding carboxylic acids is 1. The zero-order chi connectivity index (χ0) is 20.2. The van der Waals surface area contributed by atoms with E-state index in [4.69, 9.17) is 0 Å². The van der Waals surface area contributed by atoms with Crippen LogP contribution in [0.25, 0.3) is 16.9 Å². The van der Waals surface area contributed by atoms with E-state index in [1.54, 1.807) is 49.6 Å². The lowest BCUT2D eigenvalue weighted by Crippen LogP contribution is -2.03. The Balaban J connectivity index is 1.65. The second kappa shape index (κ2) is 7.85. The molecule has 2 aromatic carbocycles. The molecule has 4 rings (SSSR count). The van der Waals surface area contributed by atoms with Crippen molar-refractivity contribution in [3.63, 3.8) is 0 Å². The highest BCUT2D eigenvalue weighted by Gasteiger charge is 2.11. The number of fused-ring (bicyclic) bond motifs is 1. The average Bonchev–Trinajstić information content (AvgIpc) is 3.15. The summed E-state index contributed by atoms with van der Waals surface area (Å²) in [5, 5.41) is 13.9. The Morgan fingerprint density at radius 3 is 2.86 bits per heavy atom. The van der Waals surface area contributed by atoms with E-state index in [9.17, 15) is 9.18 Å². The minimum absolute atomic E-state index is 0.132. The number of rotatable bonds is 6. The zero-order valence-corrected chi connectivity index (χ0v) is 15.4. The van der Waals surface area contributed by atoms with Crippen molar-refractivity contribution < 1.29 is 9.18 Å². The van der Waals surface area contributed by atoms with E-state index < -0.39 is 0 Å². The first kappa shape index (κ1) is 18.2. The lowest BCUT2D eigenvalue weighted by Gasteiger charge is -2.07. The summed E-state index contributed by atoms with van der Waals surface area (Å²) in [4.78, 5) is 20.8. The Bertz CT molecular complexity index is 1220. The average molecular weight is 389 g/mol. The maximum Gasteiger partial charge on any atom is 0.229 e. The third kappa shape index (κ3) is 3.93. The van der Waals surface area contributed by atoms with Crippen LogP contribution in [0.4, 0.5) is 16.0 Å². The first-order valence-corrected chi connectivity index (χ1v) is 8.74. The summed E-state index contributed by atoms with van der Waals surface area (Å²) < 4.78 is 15.0. The van der Waals surface area contributed by atoms with E-state index in [0.717, 1.165) is 0 Å². The zero-order valence-electron chi connectivity index (χ0n) is 15.4. The Kier molecular flexibility index (Phi) is 4.93. The van der Waals surface area contributed by atoms with Gasteiger partial charge in [0.25, 0.3) is 0 Å². The molecule has 29 heavy (non-hydrogen) atoms. The molecule has 2 aromatic heterocycles. The predicted molar refractivity (Wildman–Crippen MR) is 107 cm³/mol. The molecule has 8 nitrogen and oxygen atoms in total. The number of hydrogen-bond acceptors (Lipinski definition) is 7. The van der Waals surface area contributed by atoms with Crippen LogP contribution in [0.5, 0.6) is 0 Å². The maximum absolute atomic E-state index is 13.6. The molecule has 0 bridgehead atoms. The van der Waals surface area contributed by atoms with Crippen molar-refractivity contribution in [3.05, 3.63) is 78.4 Å². The molecular weight excluding hydrogens is 373 g/mol. The van der Waals surface area contributed by atoms with Crippen LogP contribution in [0.15, 0.2) is 67.0 Å². The summed E-state index contributed by atoms with van der Waals surface area (Å²) in [6.45, 7) is 0. The predicted octanol–water partition coefficient (Wildman–Crippen LogP) is 3.01. The topological polar surface area (TPSA) is 97.6 Å². The van der Waals surface area contributed by atoms with Gasteiger partial charge in [0.15, 0.2) is 16.9 Å². The van der Waals surface area contributed by atoms with Crippen LogP contribution in [0, 0.1) is 5.82 Å². The highest BCUT2D eigenvalue weighted by molar-refractivity contribution is 6.05. The molecule has 0 fully saturated rings. The van der Waals surface area contributed by atoms with Gasteiger partial charge in [0.1, 0.15) is 5.82 Å². The third-order valence-corrected chi connectivity index (χ3v) is 4.05. The Morgan fingerprint density at radius 2 is 2.03 bits per heavy atom. The standard InChI is InChI=1S/C20H16FN7O/c1-22-9-8-18(29)13-4-2-6-15(10-13)24-20-23-12-17-19(25-20)28(27-26-17)16-7-3-5-14(21)11-16/h2-12,22H,1H3,(H,23,24,25)/b9-8+. The monoisotopic (exact) mass is 389 g/mol. The fourth-order valence-electron chi connectivity index (χ4n) is 2.70. The molecule has 0 saturated heterocycles. The lowest BCUT2D eigenvalue weighted by atomic mass is 10.1. The van der Waals surface area contributed by atoms with Gasteiger partial charge in [-0.2, -0.15) is 9.67 Å². The van der Waals surface area contributed by atoms with E-state index in [-0.39, 0.29) is 11.6 Å². The molecule has 0 amide bonds. The molecule has 0 saturated carbocycles. The minimum atomic E-state index is -0.382. The number of aromatic nitrogens is 5. The number of carbonyl (C=O) groups is 1.